The summed E-state index contributed by atoms with van der Waals surface area (Å²) in [5, 5.41) is 11.1. The summed E-state index contributed by atoms with van der Waals surface area (Å²) in [6, 6.07) is 19.6. The lowest BCUT2D eigenvalue weighted by atomic mass is 9.56. The molecule has 3 aromatic carbocycles. The third kappa shape index (κ3) is 3.91. The van der Waals surface area contributed by atoms with Crippen LogP contribution in [0.5, 0.6) is 11.5 Å². The molecule has 3 aromatic rings. The number of hydrogen-bond acceptors (Lipinski definition) is 7. The summed E-state index contributed by atoms with van der Waals surface area (Å²) in [7, 11) is 2.71. The van der Waals surface area contributed by atoms with Crippen LogP contribution in [0.2, 0.25) is 0 Å². The number of carbonyl (C=O) groups is 5. The fraction of sp³-hybridized carbons (Fsp3) is 0.286. The summed E-state index contributed by atoms with van der Waals surface area (Å²) in [6.07, 6.45) is 1.77. The van der Waals surface area contributed by atoms with Gasteiger partial charge < -0.3 is 9.84 Å². The monoisotopic (exact) mass is 658 g/mol. The summed E-state index contributed by atoms with van der Waals surface area (Å²) in [5.41, 5.74) is 1.93. The first-order valence-corrected chi connectivity index (χ1v) is 15.5. The Morgan fingerprint density at radius 2 is 1.54 bits per heavy atom. The Hall–Kier alpha value is -4.47. The van der Waals surface area contributed by atoms with Crippen LogP contribution in [-0.4, -0.2) is 63.3 Å². The number of methoxy groups -OCH3 is 1. The summed E-state index contributed by atoms with van der Waals surface area (Å²) < 4.78 is 5.58. The highest BCUT2D eigenvalue weighted by Crippen LogP contribution is 2.66. The molecule has 46 heavy (non-hydrogen) atoms. The van der Waals surface area contributed by atoms with Crippen LogP contribution in [0.3, 0.4) is 0 Å². The maximum atomic E-state index is 14.3. The molecule has 2 aliphatic carbocycles. The average Bonchev–Trinajstić information content (AvgIpc) is 3.39. The van der Waals surface area contributed by atoms with Crippen molar-refractivity contribution in [2.45, 2.75) is 28.5 Å². The Kier molecular flexibility index (Phi) is 6.92. The van der Waals surface area contributed by atoms with Crippen molar-refractivity contribution >= 4 is 58.3 Å². The van der Waals surface area contributed by atoms with E-state index in [1.54, 1.807) is 66.7 Å². The number of fused-ring (bicyclic) bond motifs is 4. The van der Waals surface area contributed by atoms with Gasteiger partial charge in [0.1, 0.15) is 11.5 Å². The summed E-state index contributed by atoms with van der Waals surface area (Å²) in [6.45, 7) is 0. The number of hydrogen-bond donors (Lipinski definition) is 1. The van der Waals surface area contributed by atoms with Crippen LogP contribution in [0.4, 0.5) is 5.69 Å². The molecule has 234 valence electrons. The fourth-order valence-electron chi connectivity index (χ4n) is 7.83. The van der Waals surface area contributed by atoms with E-state index in [1.165, 1.54) is 20.2 Å². The Morgan fingerprint density at radius 1 is 0.870 bits per heavy atom. The first-order chi connectivity index (χ1) is 22.0. The lowest BCUT2D eigenvalue weighted by molar-refractivity contribution is -0.138. The number of ketones is 1. The Bertz CT molecular complexity index is 1880. The van der Waals surface area contributed by atoms with Crippen molar-refractivity contribution in [2.24, 2.45) is 17.8 Å². The molecule has 0 aromatic heterocycles. The van der Waals surface area contributed by atoms with Crippen LogP contribution >= 0.6 is 23.2 Å². The van der Waals surface area contributed by atoms with E-state index in [-0.39, 0.29) is 35.7 Å². The van der Waals surface area contributed by atoms with Crippen molar-refractivity contribution in [1.82, 2.24) is 4.90 Å². The SMILES string of the molecule is COc1cccc(O)c1[C@H]1C2=CC[C@@H]3C(=O)N(c4ccc(C(=O)c5ccccc5)cc4)C(=O)[C@@H]3[C@@H]2C[C@@]2(Cl)C(=O)N(C)C(=O)[C@@]12Cl. The third-order valence-corrected chi connectivity index (χ3v) is 11.4. The number of allylic oxidation sites excluding steroid dienone is 2. The first-order valence-electron chi connectivity index (χ1n) is 14.8. The lowest BCUT2D eigenvalue weighted by Crippen LogP contribution is -2.60. The van der Waals surface area contributed by atoms with Crippen LogP contribution < -0.4 is 9.64 Å². The van der Waals surface area contributed by atoms with E-state index in [9.17, 15) is 29.1 Å². The standard InChI is InChI=1S/C35H28Cl2N2O7/c1-38-32(44)34(36)17-23-21(28(35(34,37)33(38)45)27-24(40)9-6-10-25(27)46-2)15-16-22-26(23)31(43)39(30(22)42)20-13-11-19(12-14-20)29(41)18-7-4-3-5-8-18/h3-15,22-23,26,28,40H,16-17H2,1-2H3/t22-,23+,26-,28+,34+,35-/m0/s1. The number of phenolic OH excluding ortho intramolecular Hbond substituents is 1. The third-order valence-electron chi connectivity index (χ3n) is 9.99. The van der Waals surface area contributed by atoms with Gasteiger partial charge in [0, 0.05) is 29.7 Å². The molecule has 9 nitrogen and oxygen atoms in total. The highest BCUT2D eigenvalue weighted by molar-refractivity contribution is 6.53. The van der Waals surface area contributed by atoms with Crippen molar-refractivity contribution < 1.29 is 33.8 Å². The van der Waals surface area contributed by atoms with Gasteiger partial charge in [0.15, 0.2) is 15.5 Å². The smallest absolute Gasteiger partial charge is 0.253 e. The number of imide groups is 2. The van der Waals surface area contributed by atoms with E-state index in [0.717, 1.165) is 9.80 Å². The molecular formula is C35H28Cl2N2O7. The Morgan fingerprint density at radius 3 is 2.22 bits per heavy atom. The van der Waals surface area contributed by atoms with Gasteiger partial charge in [-0.3, -0.25) is 33.8 Å². The second-order valence-electron chi connectivity index (χ2n) is 12.1. The predicted octanol–water partition coefficient (Wildman–Crippen LogP) is 4.83. The Balaban J connectivity index is 1.30. The van der Waals surface area contributed by atoms with Crippen LogP contribution in [0.1, 0.15) is 40.2 Å². The van der Waals surface area contributed by atoms with Crippen molar-refractivity contribution in [3.05, 3.63) is 101 Å². The zero-order valence-electron chi connectivity index (χ0n) is 24.8. The molecule has 1 saturated carbocycles. The van der Waals surface area contributed by atoms with Gasteiger partial charge in [0.2, 0.25) is 11.8 Å². The lowest BCUT2D eigenvalue weighted by Gasteiger charge is -2.50. The van der Waals surface area contributed by atoms with Gasteiger partial charge >= 0.3 is 0 Å². The average molecular weight is 660 g/mol. The quantitative estimate of drug-likeness (QED) is 0.180. The molecular weight excluding hydrogens is 631 g/mol. The van der Waals surface area contributed by atoms with Crippen molar-refractivity contribution in [2.75, 3.05) is 19.1 Å². The van der Waals surface area contributed by atoms with Crippen molar-refractivity contribution in [1.29, 1.82) is 0 Å². The molecule has 2 saturated heterocycles. The molecule has 3 fully saturated rings. The van der Waals surface area contributed by atoms with E-state index in [1.807, 2.05) is 6.07 Å². The minimum Gasteiger partial charge on any atom is -0.508 e. The van der Waals surface area contributed by atoms with E-state index >= 15 is 0 Å². The minimum atomic E-state index is -2.05. The van der Waals surface area contributed by atoms with Gasteiger partial charge in [-0.15, -0.1) is 23.2 Å². The zero-order chi connectivity index (χ0) is 32.7. The number of phenols is 1. The Labute approximate surface area is 274 Å². The highest BCUT2D eigenvalue weighted by atomic mass is 35.5. The molecule has 0 spiro atoms. The normalized spacial score (nSPS) is 30.1. The fourth-order valence-corrected chi connectivity index (χ4v) is 8.84. The summed E-state index contributed by atoms with van der Waals surface area (Å²) in [4.78, 5) is 66.5. The van der Waals surface area contributed by atoms with Gasteiger partial charge in [-0.25, -0.2) is 0 Å². The highest BCUT2D eigenvalue weighted by Gasteiger charge is 2.76. The van der Waals surface area contributed by atoms with Gasteiger partial charge in [-0.2, -0.15) is 0 Å². The number of anilines is 1. The maximum Gasteiger partial charge on any atom is 0.253 e. The van der Waals surface area contributed by atoms with Crippen LogP contribution in [-0.2, 0) is 19.2 Å². The van der Waals surface area contributed by atoms with E-state index in [0.29, 0.717) is 22.4 Å². The second-order valence-corrected chi connectivity index (χ2v) is 13.4. The molecule has 0 unspecified atom stereocenters. The molecule has 0 radical (unpaired) electrons. The first kappa shape index (κ1) is 30.2. The molecule has 2 heterocycles. The van der Waals surface area contributed by atoms with Gasteiger partial charge in [0.25, 0.3) is 11.8 Å². The maximum absolute atomic E-state index is 14.3. The number of nitrogens with zero attached hydrogens (tertiary/aromatic N) is 2. The van der Waals surface area contributed by atoms with Crippen molar-refractivity contribution in [3.8, 4) is 11.5 Å². The van der Waals surface area contributed by atoms with Crippen LogP contribution in [0.25, 0.3) is 0 Å². The zero-order valence-corrected chi connectivity index (χ0v) is 26.3. The van der Waals surface area contributed by atoms with E-state index < -0.39 is 57.0 Å². The molecule has 2 aliphatic heterocycles. The van der Waals surface area contributed by atoms with E-state index in [4.69, 9.17) is 27.9 Å². The number of alkyl halides is 2. The number of amides is 4. The minimum absolute atomic E-state index is 0.161. The summed E-state index contributed by atoms with van der Waals surface area (Å²) in [5.74, 6) is -6.12. The number of carbonyl (C=O) groups excluding carboxylic acids is 5. The topological polar surface area (TPSA) is 121 Å². The number of halogens is 2. The van der Waals surface area contributed by atoms with Gasteiger partial charge in [0.05, 0.1) is 24.6 Å². The second kappa shape index (κ2) is 10.5. The number of rotatable bonds is 5. The molecule has 6 atom stereocenters. The molecule has 4 aliphatic rings. The van der Waals surface area contributed by atoms with Crippen molar-refractivity contribution in [3.63, 3.8) is 0 Å². The number of benzene rings is 3. The van der Waals surface area contributed by atoms with E-state index in [2.05, 4.69) is 0 Å². The number of aromatic hydroxyl groups is 1. The van der Waals surface area contributed by atoms with Crippen LogP contribution in [0, 0.1) is 17.8 Å². The summed E-state index contributed by atoms with van der Waals surface area (Å²) >= 11 is 14.4. The molecule has 11 heteroatoms. The molecule has 0 bridgehead atoms. The number of likely N-dealkylation sites (tertiary alicyclic amines) is 1. The van der Waals surface area contributed by atoms with Crippen LogP contribution in [0.15, 0.2) is 84.4 Å². The van der Waals surface area contributed by atoms with Gasteiger partial charge in [-0.1, -0.05) is 48.0 Å². The van der Waals surface area contributed by atoms with Gasteiger partial charge in [-0.05, 0) is 55.2 Å². The predicted molar refractivity (Wildman–Crippen MR) is 169 cm³/mol. The molecule has 4 amide bonds. The largest absolute Gasteiger partial charge is 0.508 e. The number of ether oxygens (including phenoxy) is 1. The molecule has 7 rings (SSSR count). The molecule has 1 N–H and O–H groups in total.